The van der Waals surface area contributed by atoms with Gasteiger partial charge in [-0.25, -0.2) is 4.39 Å². The van der Waals surface area contributed by atoms with Crippen LogP contribution >= 0.6 is 0 Å². The molecular weight excluding hydrogens is 361 g/mol. The number of piperidine rings is 1. The van der Waals surface area contributed by atoms with Crippen LogP contribution in [0.3, 0.4) is 0 Å². The number of rotatable bonds is 5. The Morgan fingerprint density at radius 1 is 1.32 bits per heavy atom. The Labute approximate surface area is 163 Å². The van der Waals surface area contributed by atoms with Crippen LogP contribution in [0.1, 0.15) is 47.4 Å². The van der Waals surface area contributed by atoms with Gasteiger partial charge in [-0.2, -0.15) is 5.26 Å². The van der Waals surface area contributed by atoms with Crippen molar-refractivity contribution < 1.29 is 18.4 Å². The monoisotopic (exact) mass is 385 g/mol. The highest BCUT2D eigenvalue weighted by Crippen LogP contribution is 2.25. The second kappa shape index (κ2) is 8.42. The molecule has 0 saturated carbocycles. The summed E-state index contributed by atoms with van der Waals surface area (Å²) in [5.41, 5.74) is 2.84. The number of alkyl halides is 1. The topological polar surface area (TPSA) is 86.3 Å². The van der Waals surface area contributed by atoms with E-state index >= 15 is 0 Å². The number of furan rings is 1. The summed E-state index contributed by atoms with van der Waals surface area (Å²) in [6.07, 6.45) is -0.149. The Balaban J connectivity index is 1.68. The van der Waals surface area contributed by atoms with E-state index in [2.05, 4.69) is 5.32 Å². The summed E-state index contributed by atoms with van der Waals surface area (Å²) in [6, 6.07) is 6.81. The molecule has 3 rings (SSSR count). The zero-order valence-corrected chi connectivity index (χ0v) is 16.1. The normalized spacial score (nSPS) is 19.4. The van der Waals surface area contributed by atoms with E-state index in [0.717, 1.165) is 16.5 Å². The van der Waals surface area contributed by atoms with Crippen molar-refractivity contribution in [3.63, 3.8) is 0 Å². The van der Waals surface area contributed by atoms with Crippen molar-refractivity contribution in [3.05, 3.63) is 35.1 Å². The molecule has 0 aliphatic carbocycles. The summed E-state index contributed by atoms with van der Waals surface area (Å²) < 4.78 is 20.0. The molecule has 1 aliphatic rings. The molecular formula is C21H24FN3O3. The van der Waals surface area contributed by atoms with Crippen molar-refractivity contribution in [1.82, 2.24) is 10.2 Å². The van der Waals surface area contributed by atoms with Crippen molar-refractivity contribution in [2.24, 2.45) is 0 Å². The maximum atomic E-state index is 14.3. The van der Waals surface area contributed by atoms with Gasteiger partial charge in [0.2, 0.25) is 5.91 Å². The first kappa shape index (κ1) is 19.9. The number of nitrogens with one attached hydrogen (secondary N) is 1. The van der Waals surface area contributed by atoms with E-state index in [1.165, 1.54) is 4.90 Å². The third kappa shape index (κ3) is 4.33. The average Bonchev–Trinajstić information content (AvgIpc) is 3.06. The minimum atomic E-state index is -1.20. The van der Waals surface area contributed by atoms with Crippen LogP contribution in [0, 0.1) is 25.2 Å². The molecule has 0 bridgehead atoms. The zero-order valence-electron chi connectivity index (χ0n) is 16.1. The Hall–Kier alpha value is -2.88. The molecule has 0 unspecified atom stereocenters. The third-order valence-electron chi connectivity index (χ3n) is 5.20. The second-order valence-corrected chi connectivity index (χ2v) is 7.33. The predicted molar refractivity (Wildman–Crippen MR) is 102 cm³/mol. The minimum Gasteiger partial charge on any atom is -0.451 e. The van der Waals surface area contributed by atoms with Crippen LogP contribution < -0.4 is 5.32 Å². The molecule has 148 valence electrons. The third-order valence-corrected chi connectivity index (χ3v) is 5.20. The Bertz CT molecular complexity index is 892. The molecule has 2 aromatic rings. The van der Waals surface area contributed by atoms with E-state index < -0.39 is 12.2 Å². The molecule has 2 atom stereocenters. The number of halogens is 1. The van der Waals surface area contributed by atoms with Gasteiger partial charge in [-0.05, 0) is 56.0 Å². The first-order chi connectivity index (χ1) is 13.4. The summed E-state index contributed by atoms with van der Waals surface area (Å²) in [6.45, 7) is 4.35. The lowest BCUT2D eigenvalue weighted by molar-refractivity contribution is -0.122. The SMILES string of the molecule is Cc1cc2cc(C(=O)N3CC[C@@H](F)[C@H](NC(=O)CCCC#N)C3)oc2cc1C. The van der Waals surface area contributed by atoms with Gasteiger partial charge >= 0.3 is 0 Å². The number of unbranched alkanes of at least 4 members (excludes halogenated alkanes) is 1. The highest BCUT2D eigenvalue weighted by Gasteiger charge is 2.33. The molecule has 1 N–H and O–H groups in total. The number of likely N-dealkylation sites (tertiary alicyclic amines) is 1. The summed E-state index contributed by atoms with van der Waals surface area (Å²) >= 11 is 0. The van der Waals surface area contributed by atoms with Crippen LogP contribution in [-0.4, -0.2) is 42.0 Å². The molecule has 1 fully saturated rings. The summed E-state index contributed by atoms with van der Waals surface area (Å²) in [5.74, 6) is -0.384. The number of fused-ring (bicyclic) bond motifs is 1. The van der Waals surface area contributed by atoms with E-state index in [1.54, 1.807) is 6.07 Å². The molecule has 0 radical (unpaired) electrons. The van der Waals surface area contributed by atoms with Crippen LogP contribution in [0.4, 0.5) is 4.39 Å². The average molecular weight is 385 g/mol. The first-order valence-electron chi connectivity index (χ1n) is 9.49. The van der Waals surface area contributed by atoms with E-state index in [0.29, 0.717) is 12.0 Å². The molecule has 28 heavy (non-hydrogen) atoms. The van der Waals surface area contributed by atoms with E-state index in [-0.39, 0.29) is 49.9 Å². The van der Waals surface area contributed by atoms with Crippen LogP contribution in [0.25, 0.3) is 11.0 Å². The smallest absolute Gasteiger partial charge is 0.289 e. The quantitative estimate of drug-likeness (QED) is 0.799. The molecule has 2 amide bonds. The van der Waals surface area contributed by atoms with Gasteiger partial charge in [-0.1, -0.05) is 0 Å². The molecule has 1 saturated heterocycles. The van der Waals surface area contributed by atoms with Crippen molar-refractivity contribution in [2.75, 3.05) is 13.1 Å². The lowest BCUT2D eigenvalue weighted by atomic mass is 10.0. The fraction of sp³-hybridized carbons (Fsp3) is 0.476. The molecule has 0 spiro atoms. The summed E-state index contributed by atoms with van der Waals surface area (Å²) in [7, 11) is 0. The van der Waals surface area contributed by atoms with Crippen LogP contribution in [-0.2, 0) is 4.79 Å². The maximum Gasteiger partial charge on any atom is 0.289 e. The Morgan fingerprint density at radius 3 is 2.82 bits per heavy atom. The lowest BCUT2D eigenvalue weighted by Crippen LogP contribution is -2.55. The summed E-state index contributed by atoms with van der Waals surface area (Å²) in [5, 5.41) is 12.0. The van der Waals surface area contributed by atoms with Gasteiger partial charge in [0.05, 0.1) is 12.1 Å². The van der Waals surface area contributed by atoms with E-state index in [1.807, 2.05) is 32.0 Å². The number of hydrogen-bond donors (Lipinski definition) is 1. The van der Waals surface area contributed by atoms with E-state index in [4.69, 9.17) is 9.68 Å². The first-order valence-corrected chi connectivity index (χ1v) is 9.49. The van der Waals surface area contributed by atoms with Crippen molar-refractivity contribution >= 4 is 22.8 Å². The molecule has 1 aliphatic heterocycles. The number of nitrogens with zero attached hydrogens (tertiary/aromatic N) is 2. The highest BCUT2D eigenvalue weighted by molar-refractivity contribution is 5.96. The summed E-state index contributed by atoms with van der Waals surface area (Å²) in [4.78, 5) is 26.3. The maximum absolute atomic E-state index is 14.3. The van der Waals surface area contributed by atoms with Gasteiger partial charge in [0.1, 0.15) is 11.8 Å². The second-order valence-electron chi connectivity index (χ2n) is 7.33. The standard InChI is InChI=1S/C21H24FN3O3/c1-13-9-15-11-19(28-18(15)10-14(13)2)21(27)25-8-6-16(22)17(12-25)24-20(26)5-3-4-7-23/h9-11,16-17H,3-6,8,12H2,1-2H3,(H,24,26)/t16-,17-/m1/s1. The van der Waals surface area contributed by atoms with Crippen molar-refractivity contribution in [1.29, 1.82) is 5.26 Å². The fourth-order valence-electron chi connectivity index (χ4n) is 3.41. The van der Waals surface area contributed by atoms with Crippen LogP contribution in [0.2, 0.25) is 0 Å². The lowest BCUT2D eigenvalue weighted by Gasteiger charge is -2.35. The molecule has 7 heteroatoms. The molecule has 1 aromatic heterocycles. The van der Waals surface area contributed by atoms with Gasteiger partial charge in [0, 0.05) is 31.3 Å². The van der Waals surface area contributed by atoms with Crippen LogP contribution in [0.5, 0.6) is 0 Å². The highest BCUT2D eigenvalue weighted by atomic mass is 19.1. The minimum absolute atomic E-state index is 0.0963. The molecule has 6 nitrogen and oxygen atoms in total. The van der Waals surface area contributed by atoms with Crippen LogP contribution in [0.15, 0.2) is 22.6 Å². The van der Waals surface area contributed by atoms with Gasteiger partial charge in [-0.15, -0.1) is 0 Å². The van der Waals surface area contributed by atoms with Crippen molar-refractivity contribution in [2.45, 2.75) is 51.7 Å². The largest absolute Gasteiger partial charge is 0.451 e. The van der Waals surface area contributed by atoms with Gasteiger partial charge in [-0.3, -0.25) is 9.59 Å². The van der Waals surface area contributed by atoms with Gasteiger partial charge in [0.15, 0.2) is 5.76 Å². The zero-order chi connectivity index (χ0) is 20.3. The number of carbonyl (C=O) groups excluding carboxylic acids is 2. The van der Waals surface area contributed by atoms with Gasteiger partial charge < -0.3 is 14.6 Å². The molecule has 1 aromatic carbocycles. The number of amides is 2. The number of nitriles is 1. The number of benzene rings is 1. The fourth-order valence-corrected chi connectivity index (χ4v) is 3.41. The Morgan fingerprint density at radius 2 is 2.07 bits per heavy atom. The number of hydrogen-bond acceptors (Lipinski definition) is 4. The number of aryl methyl sites for hydroxylation is 2. The van der Waals surface area contributed by atoms with Crippen molar-refractivity contribution in [3.8, 4) is 6.07 Å². The number of carbonyl (C=O) groups is 2. The van der Waals surface area contributed by atoms with Gasteiger partial charge in [0.25, 0.3) is 5.91 Å². The van der Waals surface area contributed by atoms with E-state index in [9.17, 15) is 14.0 Å². The predicted octanol–water partition coefficient (Wildman–Crippen LogP) is 3.41. The molecule has 2 heterocycles. The Kier molecular flexibility index (Phi) is 5.98.